The van der Waals surface area contributed by atoms with Gasteiger partial charge in [-0.2, -0.15) is 0 Å². The third-order valence-corrected chi connectivity index (χ3v) is 7.92. The van der Waals surface area contributed by atoms with Gasteiger partial charge in [0.1, 0.15) is 0 Å². The minimum Gasteiger partial charge on any atom is -0.252 e. The van der Waals surface area contributed by atoms with Crippen molar-refractivity contribution < 1.29 is 0 Å². The fourth-order valence-corrected chi connectivity index (χ4v) is 6.20. The molecule has 0 saturated heterocycles. The van der Waals surface area contributed by atoms with Crippen LogP contribution in [0.15, 0.2) is 114 Å². The zero-order chi connectivity index (χ0) is 21.5. The molecule has 0 saturated carbocycles. The van der Waals surface area contributed by atoms with E-state index in [1.165, 1.54) is 32.8 Å². The lowest BCUT2D eigenvalue weighted by Gasteiger charge is -2.22. The van der Waals surface area contributed by atoms with E-state index < -0.39 is 7.92 Å². The molecule has 0 N–H and O–H groups in total. The Hall–Kier alpha value is -3.02. The molecule has 0 aromatic heterocycles. The van der Waals surface area contributed by atoms with Crippen molar-refractivity contribution in [3.05, 3.63) is 126 Å². The van der Waals surface area contributed by atoms with Crippen molar-refractivity contribution >= 4 is 29.7 Å². The fraction of sp³-hybridized carbons (Fsp3) is 0.138. The van der Waals surface area contributed by atoms with E-state index in [2.05, 4.69) is 123 Å². The van der Waals surface area contributed by atoms with Crippen molar-refractivity contribution in [2.24, 2.45) is 4.99 Å². The average Bonchev–Trinajstić information content (AvgIpc) is 2.82. The molecule has 0 bridgehead atoms. The van der Waals surface area contributed by atoms with Gasteiger partial charge in [0.25, 0.3) is 0 Å². The minimum atomic E-state index is -0.709. The highest BCUT2D eigenvalue weighted by molar-refractivity contribution is 7.88. The Kier molecular flexibility index (Phi) is 7.07. The molecule has 4 aromatic rings. The second-order valence-corrected chi connectivity index (χ2v) is 9.98. The quantitative estimate of drug-likeness (QED) is 0.223. The Morgan fingerprint density at radius 1 is 0.613 bits per heavy atom. The highest BCUT2D eigenvalue weighted by Crippen LogP contribution is 2.40. The Morgan fingerprint density at radius 2 is 1.10 bits per heavy atom. The summed E-state index contributed by atoms with van der Waals surface area (Å²) in [6, 6.07) is 38.9. The summed E-state index contributed by atoms with van der Waals surface area (Å²) in [4.78, 5) is 5.37. The standard InChI is InChI=1S/C29H28NP/c1-23-13-12-14-24(2)29(23)30-28(22-21-25-15-6-3-7-16-25)31(26-17-8-4-9-18-26)27-19-10-5-11-20-27/h3-20H,21-22H2,1-2H3. The van der Waals surface area contributed by atoms with E-state index >= 15 is 0 Å². The van der Waals surface area contributed by atoms with E-state index in [1.807, 2.05) is 0 Å². The first-order valence-electron chi connectivity index (χ1n) is 10.8. The third kappa shape index (κ3) is 5.37. The molecular formula is C29H28NP. The zero-order valence-electron chi connectivity index (χ0n) is 18.2. The molecule has 31 heavy (non-hydrogen) atoms. The lowest BCUT2D eigenvalue weighted by atomic mass is 10.1. The van der Waals surface area contributed by atoms with Crippen LogP contribution in [0.5, 0.6) is 0 Å². The molecule has 4 aromatic carbocycles. The number of aliphatic imine (C=N–C) groups is 1. The van der Waals surface area contributed by atoms with Gasteiger partial charge < -0.3 is 0 Å². The third-order valence-electron chi connectivity index (χ3n) is 5.45. The summed E-state index contributed by atoms with van der Waals surface area (Å²) in [7, 11) is -0.709. The van der Waals surface area contributed by atoms with Crippen LogP contribution in [0.4, 0.5) is 5.69 Å². The Labute approximate surface area is 187 Å². The van der Waals surface area contributed by atoms with Gasteiger partial charge >= 0.3 is 0 Å². The van der Waals surface area contributed by atoms with Gasteiger partial charge in [0.2, 0.25) is 0 Å². The topological polar surface area (TPSA) is 12.4 Å². The first kappa shape index (κ1) is 21.2. The maximum Gasteiger partial charge on any atom is 0.0691 e. The average molecular weight is 422 g/mol. The Bertz CT molecular complexity index is 1080. The maximum atomic E-state index is 5.37. The molecule has 0 heterocycles. The molecule has 0 aliphatic rings. The summed E-state index contributed by atoms with van der Waals surface area (Å²) >= 11 is 0. The molecule has 154 valence electrons. The molecule has 2 heteroatoms. The molecule has 0 spiro atoms. The minimum absolute atomic E-state index is 0.709. The monoisotopic (exact) mass is 421 g/mol. The van der Waals surface area contributed by atoms with E-state index in [9.17, 15) is 0 Å². The van der Waals surface area contributed by atoms with Crippen molar-refractivity contribution in [1.29, 1.82) is 0 Å². The van der Waals surface area contributed by atoms with E-state index in [1.54, 1.807) is 0 Å². The van der Waals surface area contributed by atoms with Gasteiger partial charge in [-0.25, -0.2) is 0 Å². The van der Waals surface area contributed by atoms with Crippen LogP contribution >= 0.6 is 7.92 Å². The number of benzene rings is 4. The van der Waals surface area contributed by atoms with Crippen LogP contribution in [0.2, 0.25) is 0 Å². The molecule has 0 radical (unpaired) electrons. The van der Waals surface area contributed by atoms with Crippen molar-refractivity contribution in [1.82, 2.24) is 0 Å². The SMILES string of the molecule is Cc1cccc(C)c1N=C(CCc1ccccc1)P(c1ccccc1)c1ccccc1. The highest BCUT2D eigenvalue weighted by atomic mass is 31.1. The smallest absolute Gasteiger partial charge is 0.0691 e. The van der Waals surface area contributed by atoms with Gasteiger partial charge in [-0.3, -0.25) is 4.99 Å². The van der Waals surface area contributed by atoms with E-state index in [4.69, 9.17) is 4.99 Å². The first-order valence-corrected chi connectivity index (χ1v) is 12.1. The van der Waals surface area contributed by atoms with Crippen molar-refractivity contribution in [2.75, 3.05) is 0 Å². The number of rotatable bonds is 7. The predicted molar refractivity (Wildman–Crippen MR) is 137 cm³/mol. The summed E-state index contributed by atoms with van der Waals surface area (Å²) in [6.45, 7) is 4.32. The summed E-state index contributed by atoms with van der Waals surface area (Å²) in [6.07, 6.45) is 1.93. The largest absolute Gasteiger partial charge is 0.252 e. The van der Waals surface area contributed by atoms with Crippen LogP contribution in [-0.2, 0) is 6.42 Å². The highest BCUT2D eigenvalue weighted by Gasteiger charge is 2.21. The number of hydrogen-bond donors (Lipinski definition) is 0. The number of aryl methyl sites for hydroxylation is 3. The number of hydrogen-bond acceptors (Lipinski definition) is 1. The molecule has 0 atom stereocenters. The lowest BCUT2D eigenvalue weighted by Crippen LogP contribution is -2.18. The lowest BCUT2D eigenvalue weighted by molar-refractivity contribution is 1.05. The van der Waals surface area contributed by atoms with Crippen LogP contribution < -0.4 is 10.6 Å². The first-order chi connectivity index (χ1) is 15.2. The van der Waals surface area contributed by atoms with Gasteiger partial charge in [0.05, 0.1) is 11.1 Å². The van der Waals surface area contributed by atoms with Gasteiger partial charge in [0, 0.05) is 7.92 Å². The molecule has 0 aliphatic heterocycles. The molecule has 0 fully saturated rings. The maximum absolute atomic E-state index is 5.37. The molecule has 0 unspecified atom stereocenters. The molecule has 0 amide bonds. The zero-order valence-corrected chi connectivity index (χ0v) is 19.1. The second kappa shape index (κ2) is 10.3. The van der Waals surface area contributed by atoms with E-state index in [0.717, 1.165) is 18.5 Å². The van der Waals surface area contributed by atoms with Crippen LogP contribution in [0, 0.1) is 13.8 Å². The van der Waals surface area contributed by atoms with E-state index in [-0.39, 0.29) is 0 Å². The van der Waals surface area contributed by atoms with Crippen LogP contribution in [0.25, 0.3) is 0 Å². The van der Waals surface area contributed by atoms with Crippen LogP contribution in [-0.4, -0.2) is 5.45 Å². The van der Waals surface area contributed by atoms with Gasteiger partial charge in [0.15, 0.2) is 0 Å². The van der Waals surface area contributed by atoms with Gasteiger partial charge in [-0.15, -0.1) is 0 Å². The Morgan fingerprint density at radius 3 is 1.61 bits per heavy atom. The van der Waals surface area contributed by atoms with Crippen LogP contribution in [0.1, 0.15) is 23.1 Å². The Balaban J connectivity index is 1.83. The molecule has 1 nitrogen and oxygen atoms in total. The van der Waals surface area contributed by atoms with Crippen molar-refractivity contribution in [3.63, 3.8) is 0 Å². The summed E-state index contributed by atoms with van der Waals surface area (Å²) in [5.41, 5.74) is 6.20. The summed E-state index contributed by atoms with van der Waals surface area (Å²) < 4.78 is 0. The summed E-state index contributed by atoms with van der Waals surface area (Å²) in [5, 5.41) is 2.70. The van der Waals surface area contributed by atoms with Crippen LogP contribution in [0.3, 0.4) is 0 Å². The normalized spacial score (nSPS) is 11.6. The predicted octanol–water partition coefficient (Wildman–Crippen LogP) is 7.10. The van der Waals surface area contributed by atoms with Crippen molar-refractivity contribution in [2.45, 2.75) is 26.7 Å². The van der Waals surface area contributed by atoms with Gasteiger partial charge in [-0.05, 0) is 54.0 Å². The second-order valence-electron chi connectivity index (χ2n) is 7.76. The fourth-order valence-electron chi connectivity index (χ4n) is 3.83. The number of para-hydroxylation sites is 1. The summed E-state index contributed by atoms with van der Waals surface area (Å²) in [5.74, 6) is 0. The van der Waals surface area contributed by atoms with E-state index in [0.29, 0.717) is 0 Å². The molecular weight excluding hydrogens is 393 g/mol. The number of nitrogens with zero attached hydrogens (tertiary/aromatic N) is 1. The van der Waals surface area contributed by atoms with Gasteiger partial charge in [-0.1, -0.05) is 109 Å². The molecule has 4 rings (SSSR count). The van der Waals surface area contributed by atoms with Crippen molar-refractivity contribution in [3.8, 4) is 0 Å². The molecule has 0 aliphatic carbocycles.